The molecule has 2 atom stereocenters. The summed E-state index contributed by atoms with van der Waals surface area (Å²) in [5, 5.41) is 5.29. The van der Waals surface area contributed by atoms with Crippen molar-refractivity contribution < 1.29 is 32.3 Å². The fourth-order valence-electron chi connectivity index (χ4n) is 4.35. The van der Waals surface area contributed by atoms with E-state index in [1.807, 2.05) is 0 Å². The first kappa shape index (κ1) is 26.5. The highest BCUT2D eigenvalue weighted by atomic mass is 19.1. The molecule has 0 aromatic heterocycles. The first-order valence-corrected chi connectivity index (χ1v) is 12.2. The third-order valence-electron chi connectivity index (χ3n) is 6.35. The number of amides is 3. The van der Waals surface area contributed by atoms with Gasteiger partial charge < -0.3 is 15.4 Å². The molecule has 0 saturated carbocycles. The molecule has 0 bridgehead atoms. The smallest absolute Gasteiger partial charge is 0.411 e. The summed E-state index contributed by atoms with van der Waals surface area (Å²) in [6.45, 7) is -0.0338. The van der Waals surface area contributed by atoms with E-state index in [-0.39, 0.29) is 12.1 Å². The number of ether oxygens (including phenoxy) is 1. The second-order valence-electron chi connectivity index (χ2n) is 9.06. The van der Waals surface area contributed by atoms with Crippen LogP contribution in [0.1, 0.15) is 27.6 Å². The number of carbonyl (C=O) groups excluding carboxylic acids is 3. The van der Waals surface area contributed by atoms with E-state index in [1.165, 1.54) is 71.6 Å². The molecule has 0 radical (unpaired) electrons. The number of cyclic esters (lactones) is 1. The van der Waals surface area contributed by atoms with Gasteiger partial charge in [0.05, 0.1) is 12.1 Å². The second kappa shape index (κ2) is 11.3. The van der Waals surface area contributed by atoms with Gasteiger partial charge in [-0.15, -0.1) is 0 Å². The van der Waals surface area contributed by atoms with E-state index in [4.69, 9.17) is 4.74 Å². The van der Waals surface area contributed by atoms with Crippen LogP contribution in [0.5, 0.6) is 0 Å². The lowest BCUT2D eigenvalue weighted by molar-refractivity contribution is -0.121. The summed E-state index contributed by atoms with van der Waals surface area (Å²) in [6.07, 6.45) is -1.80. The molecule has 7 nitrogen and oxygen atoms in total. The SMILES string of the molecule is O=C(Nc1ccc(C2OC(=O)N(Cc3ccc(F)cc3)C2C(=O)Nc2ccc(F)cc2)cc1)c1ccccc1F. The Bertz CT molecular complexity index is 1540. The van der Waals surface area contributed by atoms with Crippen LogP contribution in [-0.4, -0.2) is 28.8 Å². The van der Waals surface area contributed by atoms with Crippen molar-refractivity contribution in [3.05, 3.63) is 131 Å². The van der Waals surface area contributed by atoms with Crippen molar-refractivity contribution in [2.45, 2.75) is 18.7 Å². The summed E-state index contributed by atoms with van der Waals surface area (Å²) in [6, 6.07) is 21.3. The van der Waals surface area contributed by atoms with Crippen LogP contribution < -0.4 is 10.6 Å². The van der Waals surface area contributed by atoms with Crippen LogP contribution in [0.3, 0.4) is 0 Å². The summed E-state index contributed by atoms with van der Waals surface area (Å²) in [5.74, 6) is -2.80. The number of nitrogens with zero attached hydrogens (tertiary/aromatic N) is 1. The molecule has 10 heteroatoms. The number of hydrogen-bond acceptors (Lipinski definition) is 4. The molecule has 1 fully saturated rings. The van der Waals surface area contributed by atoms with Crippen molar-refractivity contribution in [2.75, 3.05) is 10.6 Å². The minimum atomic E-state index is -1.14. The van der Waals surface area contributed by atoms with Crippen molar-refractivity contribution in [3.8, 4) is 0 Å². The fourth-order valence-corrected chi connectivity index (χ4v) is 4.35. The molecule has 4 aromatic carbocycles. The Labute approximate surface area is 227 Å². The van der Waals surface area contributed by atoms with Gasteiger partial charge >= 0.3 is 6.09 Å². The van der Waals surface area contributed by atoms with Crippen molar-refractivity contribution in [3.63, 3.8) is 0 Å². The van der Waals surface area contributed by atoms with Gasteiger partial charge in [0.1, 0.15) is 17.5 Å². The topological polar surface area (TPSA) is 87.7 Å². The minimum absolute atomic E-state index is 0.0338. The Balaban J connectivity index is 1.39. The number of nitrogens with one attached hydrogen (secondary N) is 2. The zero-order chi connectivity index (χ0) is 28.2. The predicted molar refractivity (Wildman–Crippen MR) is 141 cm³/mol. The third-order valence-corrected chi connectivity index (χ3v) is 6.35. The van der Waals surface area contributed by atoms with Gasteiger partial charge in [0.2, 0.25) is 0 Å². The van der Waals surface area contributed by atoms with E-state index >= 15 is 0 Å². The van der Waals surface area contributed by atoms with Crippen LogP contribution in [-0.2, 0) is 16.1 Å². The number of carbonyl (C=O) groups is 3. The highest BCUT2D eigenvalue weighted by Gasteiger charge is 2.47. The van der Waals surface area contributed by atoms with Gasteiger partial charge in [-0.2, -0.15) is 0 Å². The van der Waals surface area contributed by atoms with Crippen molar-refractivity contribution in [2.24, 2.45) is 0 Å². The fraction of sp³-hybridized carbons (Fsp3) is 0.100. The minimum Gasteiger partial charge on any atom is -0.438 e. The second-order valence-corrected chi connectivity index (χ2v) is 9.06. The molecule has 2 N–H and O–H groups in total. The van der Waals surface area contributed by atoms with Crippen LogP contribution in [0.15, 0.2) is 97.1 Å². The van der Waals surface area contributed by atoms with E-state index in [0.29, 0.717) is 22.5 Å². The van der Waals surface area contributed by atoms with Gasteiger partial charge in [0.15, 0.2) is 12.1 Å². The van der Waals surface area contributed by atoms with Crippen LogP contribution in [0.2, 0.25) is 0 Å². The molecule has 1 saturated heterocycles. The molecule has 5 rings (SSSR count). The maximum absolute atomic E-state index is 14.0. The summed E-state index contributed by atoms with van der Waals surface area (Å²) in [7, 11) is 0. The van der Waals surface area contributed by atoms with E-state index in [2.05, 4.69) is 10.6 Å². The van der Waals surface area contributed by atoms with Crippen molar-refractivity contribution in [1.29, 1.82) is 0 Å². The summed E-state index contributed by atoms with van der Waals surface area (Å²) in [4.78, 5) is 40.1. The number of anilines is 2. The third kappa shape index (κ3) is 5.80. The molecule has 4 aromatic rings. The van der Waals surface area contributed by atoms with E-state index in [0.717, 1.165) is 0 Å². The molecule has 40 heavy (non-hydrogen) atoms. The normalized spacial score (nSPS) is 16.4. The lowest BCUT2D eigenvalue weighted by Gasteiger charge is -2.24. The Morgan fingerprint density at radius 2 is 1.32 bits per heavy atom. The Kier molecular flexibility index (Phi) is 7.50. The summed E-state index contributed by atoms with van der Waals surface area (Å²) < 4.78 is 46.4. The van der Waals surface area contributed by atoms with E-state index in [9.17, 15) is 27.6 Å². The molecule has 0 spiro atoms. The number of benzene rings is 4. The van der Waals surface area contributed by atoms with Gasteiger partial charge in [-0.3, -0.25) is 14.5 Å². The largest absolute Gasteiger partial charge is 0.438 e. The van der Waals surface area contributed by atoms with Gasteiger partial charge in [-0.25, -0.2) is 18.0 Å². The van der Waals surface area contributed by atoms with Gasteiger partial charge in [-0.05, 0) is 71.8 Å². The Morgan fingerprint density at radius 1 is 0.750 bits per heavy atom. The molecule has 1 aliphatic rings. The summed E-state index contributed by atoms with van der Waals surface area (Å²) in [5.41, 5.74) is 1.59. The highest BCUT2D eigenvalue weighted by Crippen LogP contribution is 2.35. The zero-order valence-electron chi connectivity index (χ0n) is 20.8. The van der Waals surface area contributed by atoms with E-state index in [1.54, 1.807) is 30.3 Å². The van der Waals surface area contributed by atoms with Crippen LogP contribution in [0, 0.1) is 17.5 Å². The number of rotatable bonds is 7. The molecular weight excluding hydrogens is 523 g/mol. The van der Waals surface area contributed by atoms with Gasteiger partial charge in [-0.1, -0.05) is 36.4 Å². The standard InChI is InChI=1S/C30H22F3N3O4/c31-20-9-5-18(6-10-20)17-36-26(29(38)35-23-15-11-21(32)12-16-23)27(40-30(36)39)19-7-13-22(14-8-19)34-28(37)24-3-1-2-4-25(24)33/h1-16,26-27H,17H2,(H,34,37)(H,35,38). The number of hydrogen-bond donors (Lipinski definition) is 2. The predicted octanol–water partition coefficient (Wildman–Crippen LogP) is 6.06. The van der Waals surface area contributed by atoms with Crippen molar-refractivity contribution in [1.82, 2.24) is 4.90 Å². The lowest BCUT2D eigenvalue weighted by atomic mass is 10.00. The molecule has 0 aliphatic carbocycles. The molecule has 2 unspecified atom stereocenters. The highest BCUT2D eigenvalue weighted by molar-refractivity contribution is 6.04. The maximum atomic E-state index is 14.0. The Morgan fingerprint density at radius 3 is 1.98 bits per heavy atom. The van der Waals surface area contributed by atoms with Gasteiger partial charge in [0.25, 0.3) is 11.8 Å². The summed E-state index contributed by atoms with van der Waals surface area (Å²) >= 11 is 0. The van der Waals surface area contributed by atoms with Crippen LogP contribution in [0.4, 0.5) is 29.3 Å². The molecule has 3 amide bonds. The zero-order valence-corrected chi connectivity index (χ0v) is 20.8. The molecule has 202 valence electrons. The molecular formula is C30H22F3N3O4. The average Bonchev–Trinajstić information content (AvgIpc) is 3.27. The average molecular weight is 546 g/mol. The molecule has 1 aliphatic heterocycles. The lowest BCUT2D eigenvalue weighted by Crippen LogP contribution is -2.43. The van der Waals surface area contributed by atoms with Crippen LogP contribution in [0.25, 0.3) is 0 Å². The Hall–Kier alpha value is -5.12. The van der Waals surface area contributed by atoms with Gasteiger partial charge in [0, 0.05) is 11.4 Å². The number of halogens is 3. The quantitative estimate of drug-likeness (QED) is 0.296. The maximum Gasteiger partial charge on any atom is 0.411 e. The van der Waals surface area contributed by atoms with Crippen molar-refractivity contribution >= 4 is 29.3 Å². The monoisotopic (exact) mass is 545 g/mol. The molecule has 1 heterocycles. The first-order chi connectivity index (χ1) is 19.3. The van der Waals surface area contributed by atoms with Crippen LogP contribution >= 0.6 is 0 Å². The van der Waals surface area contributed by atoms with E-state index < -0.39 is 47.5 Å². The first-order valence-electron chi connectivity index (χ1n) is 12.2.